The maximum absolute atomic E-state index is 14.0. The maximum Gasteiger partial charge on any atom is 0.187 e. The molecule has 0 bridgehead atoms. The van der Waals surface area contributed by atoms with Crippen LogP contribution in [0.3, 0.4) is 0 Å². The molecule has 8 heteroatoms. The van der Waals surface area contributed by atoms with Crippen LogP contribution in [-0.4, -0.2) is 39.9 Å². The Hall–Kier alpha value is -1.80. The van der Waals surface area contributed by atoms with Gasteiger partial charge in [-0.05, 0) is 24.3 Å². The van der Waals surface area contributed by atoms with E-state index in [9.17, 15) is 17.2 Å². The van der Waals surface area contributed by atoms with Crippen molar-refractivity contribution < 1.29 is 21.9 Å². The summed E-state index contributed by atoms with van der Waals surface area (Å²) in [4.78, 5) is 3.65. The number of ether oxygens (including phenoxy) is 1. The van der Waals surface area contributed by atoms with E-state index in [-0.39, 0.29) is 16.4 Å². The highest BCUT2D eigenvalue weighted by molar-refractivity contribution is 7.90. The van der Waals surface area contributed by atoms with Gasteiger partial charge in [0.05, 0.1) is 10.6 Å². The third kappa shape index (κ3) is 3.45. The molecule has 1 aromatic rings. The molecule has 21 heavy (non-hydrogen) atoms. The Morgan fingerprint density at radius 2 is 2.10 bits per heavy atom. The second-order valence-corrected chi connectivity index (χ2v) is 6.51. The molecule has 2 atom stereocenters. The first-order valence-electron chi connectivity index (χ1n) is 6.01. The first-order chi connectivity index (χ1) is 9.82. The predicted octanol–water partition coefficient (Wildman–Crippen LogP) is 1.92. The van der Waals surface area contributed by atoms with Gasteiger partial charge in [-0.3, -0.25) is 0 Å². The van der Waals surface area contributed by atoms with Crippen LogP contribution in [0.25, 0.3) is 0 Å². The summed E-state index contributed by atoms with van der Waals surface area (Å²) in [5.41, 5.74) is -0.0612. The Bertz CT molecular complexity index is 701. The molecule has 1 aromatic carbocycles. The lowest BCUT2D eigenvalue weighted by Gasteiger charge is -2.22. The zero-order chi connectivity index (χ0) is 15.6. The van der Waals surface area contributed by atoms with Crippen LogP contribution in [0.15, 0.2) is 40.4 Å². The minimum Gasteiger partial charge on any atom is -0.374 e. The number of sulfone groups is 1. The largest absolute Gasteiger partial charge is 0.374 e. The molecule has 1 heterocycles. The number of rotatable bonds is 3. The Morgan fingerprint density at radius 3 is 2.67 bits per heavy atom. The lowest BCUT2D eigenvalue weighted by molar-refractivity contribution is 0.0928. The smallest absolute Gasteiger partial charge is 0.187 e. The minimum atomic E-state index is -3.50. The molecule has 0 spiro atoms. The molecule has 0 aromatic heterocycles. The Morgan fingerprint density at radius 1 is 1.38 bits per heavy atom. The molecule has 114 valence electrons. The van der Waals surface area contributed by atoms with Crippen LogP contribution in [0.4, 0.5) is 14.5 Å². The maximum atomic E-state index is 14.0. The minimum absolute atomic E-state index is 0.0612. The molecular formula is C13H14F2N2O3S. The molecule has 1 aliphatic rings. The van der Waals surface area contributed by atoms with E-state index in [1.54, 1.807) is 0 Å². The molecule has 2 rings (SSSR count). The molecule has 2 unspecified atom stereocenters. The predicted molar refractivity (Wildman–Crippen MR) is 75.4 cm³/mol. The summed E-state index contributed by atoms with van der Waals surface area (Å²) in [5, 5.41) is 2.52. The van der Waals surface area contributed by atoms with Crippen LogP contribution in [0.5, 0.6) is 0 Å². The van der Waals surface area contributed by atoms with Gasteiger partial charge >= 0.3 is 0 Å². The lowest BCUT2D eigenvalue weighted by atomic mass is 10.1. The number of anilines is 1. The summed E-state index contributed by atoms with van der Waals surface area (Å²) in [6.45, 7) is 0. The van der Waals surface area contributed by atoms with Crippen molar-refractivity contribution in [2.24, 2.45) is 4.99 Å². The SMILES string of the molecule is COC1C=CN=C(Nc2ccc(S(C)(=O)=O)cc2F)C1F. The summed E-state index contributed by atoms with van der Waals surface area (Å²) in [5.74, 6) is -0.910. The number of amidine groups is 1. The van der Waals surface area contributed by atoms with Gasteiger partial charge < -0.3 is 10.1 Å². The van der Waals surface area contributed by atoms with Gasteiger partial charge in [0.2, 0.25) is 0 Å². The van der Waals surface area contributed by atoms with Gasteiger partial charge in [0.25, 0.3) is 0 Å². The van der Waals surface area contributed by atoms with Crippen LogP contribution in [-0.2, 0) is 14.6 Å². The number of methoxy groups -OCH3 is 1. The molecule has 1 aliphatic heterocycles. The number of halogens is 2. The van der Waals surface area contributed by atoms with Gasteiger partial charge in [0, 0.05) is 19.6 Å². The summed E-state index contributed by atoms with van der Waals surface area (Å²) in [7, 11) is -2.15. The Balaban J connectivity index is 2.25. The van der Waals surface area contributed by atoms with Gasteiger partial charge in [-0.1, -0.05) is 0 Å². The molecule has 0 radical (unpaired) electrons. The molecule has 0 saturated heterocycles. The first-order valence-corrected chi connectivity index (χ1v) is 7.90. The van der Waals surface area contributed by atoms with Crippen molar-refractivity contribution in [2.75, 3.05) is 18.7 Å². The fourth-order valence-corrected chi connectivity index (χ4v) is 2.43. The molecule has 0 amide bonds. The zero-order valence-electron chi connectivity index (χ0n) is 11.4. The van der Waals surface area contributed by atoms with E-state index in [1.165, 1.54) is 31.5 Å². The second-order valence-electron chi connectivity index (χ2n) is 4.50. The number of benzene rings is 1. The summed E-state index contributed by atoms with van der Waals surface area (Å²) < 4.78 is 55.5. The summed E-state index contributed by atoms with van der Waals surface area (Å²) in [6, 6.07) is 3.33. The standard InChI is InChI=1S/C13H14F2N2O3S/c1-20-11-5-6-16-13(12(11)15)17-10-4-3-8(7-9(10)14)21(2,18)19/h3-7,11-12H,1-2H3,(H,16,17). The third-order valence-corrected chi connectivity index (χ3v) is 4.05. The topological polar surface area (TPSA) is 67.8 Å². The van der Waals surface area contributed by atoms with Gasteiger partial charge in [0.15, 0.2) is 16.0 Å². The number of aliphatic imine (C=N–C) groups is 1. The number of nitrogens with zero attached hydrogens (tertiary/aromatic N) is 1. The molecular weight excluding hydrogens is 302 g/mol. The fraction of sp³-hybridized carbons (Fsp3) is 0.308. The second kappa shape index (κ2) is 5.90. The van der Waals surface area contributed by atoms with Crippen molar-refractivity contribution >= 4 is 21.4 Å². The van der Waals surface area contributed by atoms with Crippen LogP contribution >= 0.6 is 0 Å². The Labute approximate surface area is 121 Å². The van der Waals surface area contributed by atoms with Crippen molar-refractivity contribution in [3.8, 4) is 0 Å². The highest BCUT2D eigenvalue weighted by Gasteiger charge is 2.27. The number of hydrogen-bond donors (Lipinski definition) is 1. The molecule has 0 saturated carbocycles. The van der Waals surface area contributed by atoms with Crippen LogP contribution in [0, 0.1) is 5.82 Å². The average molecular weight is 316 g/mol. The number of hydrogen-bond acceptors (Lipinski definition) is 5. The van der Waals surface area contributed by atoms with E-state index < -0.39 is 27.9 Å². The van der Waals surface area contributed by atoms with Gasteiger partial charge in [-0.25, -0.2) is 22.2 Å². The van der Waals surface area contributed by atoms with Crippen molar-refractivity contribution in [2.45, 2.75) is 17.2 Å². The van der Waals surface area contributed by atoms with Crippen LogP contribution in [0.1, 0.15) is 0 Å². The molecule has 0 fully saturated rings. The van der Waals surface area contributed by atoms with Crippen LogP contribution in [0.2, 0.25) is 0 Å². The highest BCUT2D eigenvalue weighted by Crippen LogP contribution is 2.21. The molecule has 0 aliphatic carbocycles. The van der Waals surface area contributed by atoms with E-state index in [1.807, 2.05) is 0 Å². The van der Waals surface area contributed by atoms with E-state index in [0.29, 0.717) is 0 Å². The highest BCUT2D eigenvalue weighted by atomic mass is 32.2. The monoisotopic (exact) mass is 316 g/mol. The van der Waals surface area contributed by atoms with E-state index in [4.69, 9.17) is 4.74 Å². The third-order valence-electron chi connectivity index (χ3n) is 2.94. The van der Waals surface area contributed by atoms with Crippen LogP contribution < -0.4 is 5.32 Å². The number of nitrogens with one attached hydrogen (secondary N) is 1. The van der Waals surface area contributed by atoms with Crippen molar-refractivity contribution in [1.82, 2.24) is 0 Å². The van der Waals surface area contributed by atoms with Gasteiger partial charge in [0.1, 0.15) is 17.8 Å². The van der Waals surface area contributed by atoms with Crippen molar-refractivity contribution in [3.63, 3.8) is 0 Å². The Kier molecular flexibility index (Phi) is 4.38. The normalized spacial score (nSPS) is 22.0. The van der Waals surface area contributed by atoms with E-state index in [2.05, 4.69) is 10.3 Å². The average Bonchev–Trinajstić information content (AvgIpc) is 2.42. The quantitative estimate of drug-likeness (QED) is 0.925. The van der Waals surface area contributed by atoms with Gasteiger partial charge in [-0.2, -0.15) is 0 Å². The molecule has 1 N–H and O–H groups in total. The van der Waals surface area contributed by atoms with Crippen molar-refractivity contribution in [3.05, 3.63) is 36.3 Å². The fourth-order valence-electron chi connectivity index (χ4n) is 1.80. The number of alkyl halides is 1. The summed E-state index contributed by atoms with van der Waals surface area (Å²) >= 11 is 0. The van der Waals surface area contributed by atoms with E-state index in [0.717, 1.165) is 12.3 Å². The first kappa shape index (κ1) is 15.6. The zero-order valence-corrected chi connectivity index (χ0v) is 12.2. The van der Waals surface area contributed by atoms with E-state index >= 15 is 0 Å². The van der Waals surface area contributed by atoms with Gasteiger partial charge in [-0.15, -0.1) is 0 Å². The van der Waals surface area contributed by atoms with Crippen molar-refractivity contribution in [1.29, 1.82) is 0 Å². The summed E-state index contributed by atoms with van der Waals surface area (Å²) in [6.07, 6.45) is 1.41. The molecule has 5 nitrogen and oxygen atoms in total. The lowest BCUT2D eigenvalue weighted by Crippen LogP contribution is -2.36.